The first-order valence-corrected chi connectivity index (χ1v) is 11.0. The van der Waals surface area contributed by atoms with Crippen LogP contribution in [0.5, 0.6) is 0 Å². The number of rotatable bonds is 6. The number of H-pyrrole nitrogens is 1. The second-order valence-corrected chi connectivity index (χ2v) is 8.12. The summed E-state index contributed by atoms with van der Waals surface area (Å²) >= 11 is 1.65. The van der Waals surface area contributed by atoms with E-state index in [2.05, 4.69) is 27.2 Å². The molecule has 0 unspecified atom stereocenters. The molecule has 1 N–H and O–H groups in total. The van der Waals surface area contributed by atoms with Crippen molar-refractivity contribution in [2.75, 3.05) is 19.3 Å². The largest absolute Gasteiger partial charge is 0.298 e. The second-order valence-electron chi connectivity index (χ2n) is 7.28. The van der Waals surface area contributed by atoms with E-state index in [1.54, 1.807) is 11.8 Å². The van der Waals surface area contributed by atoms with Crippen LogP contribution in [0.1, 0.15) is 28.8 Å². The molecule has 4 rings (SSSR count). The van der Waals surface area contributed by atoms with Crippen LogP contribution in [-0.4, -0.2) is 40.2 Å². The molecule has 2 heterocycles. The number of piperidine rings is 1. The minimum atomic E-state index is 0.0640. The average molecular weight is 392 g/mol. The Morgan fingerprint density at radius 2 is 1.96 bits per heavy atom. The first-order chi connectivity index (χ1) is 13.8. The molecule has 0 amide bonds. The van der Waals surface area contributed by atoms with Crippen LogP contribution in [-0.2, 0) is 6.54 Å². The van der Waals surface area contributed by atoms with E-state index in [0.717, 1.165) is 54.2 Å². The summed E-state index contributed by atoms with van der Waals surface area (Å²) in [5.41, 5.74) is 4.27. The Morgan fingerprint density at radius 3 is 2.79 bits per heavy atom. The Bertz CT molecular complexity index is 938. The fourth-order valence-electron chi connectivity index (χ4n) is 4.01. The molecule has 1 aromatic heterocycles. The van der Waals surface area contributed by atoms with Gasteiger partial charge in [-0.15, -0.1) is 11.8 Å². The first-order valence-electron chi connectivity index (χ1n) is 9.73. The predicted octanol–water partition coefficient (Wildman–Crippen LogP) is 4.89. The van der Waals surface area contributed by atoms with E-state index in [9.17, 15) is 4.79 Å². The lowest BCUT2D eigenvalue weighted by Crippen LogP contribution is -2.38. The lowest BCUT2D eigenvalue weighted by molar-refractivity contribution is 0.0809. The van der Waals surface area contributed by atoms with E-state index in [-0.39, 0.29) is 11.7 Å². The third-order valence-electron chi connectivity index (χ3n) is 5.42. The number of likely N-dealkylation sites (tertiary alicyclic amines) is 1. The highest BCUT2D eigenvalue weighted by Gasteiger charge is 2.28. The number of nitrogens with one attached hydrogen (secondary N) is 1. The molecule has 0 aliphatic carbocycles. The SMILES string of the molecule is CSc1ccccc1C(=O)[C@@H]1CCCN(Cc2cn[nH]c2-c2ccccc2)C1. The van der Waals surface area contributed by atoms with E-state index >= 15 is 0 Å². The van der Waals surface area contributed by atoms with Gasteiger partial charge in [0.15, 0.2) is 5.78 Å². The van der Waals surface area contributed by atoms with Crippen molar-refractivity contribution in [1.29, 1.82) is 0 Å². The zero-order chi connectivity index (χ0) is 19.3. The molecule has 0 bridgehead atoms. The van der Waals surface area contributed by atoms with Crippen LogP contribution in [0.15, 0.2) is 65.7 Å². The van der Waals surface area contributed by atoms with Crippen LogP contribution >= 0.6 is 11.8 Å². The first kappa shape index (κ1) is 19.0. The van der Waals surface area contributed by atoms with Crippen molar-refractivity contribution >= 4 is 17.5 Å². The number of benzene rings is 2. The van der Waals surface area contributed by atoms with Gasteiger partial charge in [-0.2, -0.15) is 5.10 Å². The summed E-state index contributed by atoms with van der Waals surface area (Å²) in [5.74, 6) is 0.347. The third-order valence-corrected chi connectivity index (χ3v) is 6.22. The van der Waals surface area contributed by atoms with Gasteiger partial charge in [-0.25, -0.2) is 0 Å². The number of Topliss-reactive ketones (excluding diaryl/α,β-unsaturated/α-hetero) is 1. The zero-order valence-corrected chi connectivity index (χ0v) is 16.9. The molecular weight excluding hydrogens is 366 g/mol. The van der Waals surface area contributed by atoms with Crippen molar-refractivity contribution in [3.63, 3.8) is 0 Å². The number of nitrogens with zero attached hydrogens (tertiary/aromatic N) is 2. The van der Waals surface area contributed by atoms with Crippen LogP contribution in [0.3, 0.4) is 0 Å². The smallest absolute Gasteiger partial charge is 0.168 e. The lowest BCUT2D eigenvalue weighted by atomic mass is 9.89. The van der Waals surface area contributed by atoms with Gasteiger partial charge in [-0.3, -0.25) is 14.8 Å². The van der Waals surface area contributed by atoms with E-state index < -0.39 is 0 Å². The number of thioether (sulfide) groups is 1. The van der Waals surface area contributed by atoms with Crippen molar-refractivity contribution in [3.8, 4) is 11.3 Å². The van der Waals surface area contributed by atoms with Gasteiger partial charge in [-0.1, -0.05) is 48.5 Å². The topological polar surface area (TPSA) is 49.0 Å². The highest BCUT2D eigenvalue weighted by atomic mass is 32.2. The van der Waals surface area contributed by atoms with Crippen molar-refractivity contribution < 1.29 is 4.79 Å². The average Bonchev–Trinajstić information content (AvgIpc) is 3.22. The van der Waals surface area contributed by atoms with Crippen LogP contribution in [0.4, 0.5) is 0 Å². The molecule has 1 atom stereocenters. The maximum atomic E-state index is 13.2. The Hall–Kier alpha value is -2.37. The molecule has 3 aromatic rings. The highest BCUT2D eigenvalue weighted by Crippen LogP contribution is 2.28. The molecule has 0 radical (unpaired) electrons. The quantitative estimate of drug-likeness (QED) is 0.480. The van der Waals surface area contributed by atoms with Gasteiger partial charge in [0.05, 0.1) is 11.9 Å². The van der Waals surface area contributed by atoms with E-state index in [1.165, 1.54) is 5.56 Å². The number of hydrogen-bond donors (Lipinski definition) is 1. The number of aromatic nitrogens is 2. The summed E-state index contributed by atoms with van der Waals surface area (Å²) in [6, 6.07) is 18.3. The molecule has 0 saturated carbocycles. The summed E-state index contributed by atoms with van der Waals surface area (Å²) < 4.78 is 0. The third kappa shape index (κ3) is 4.05. The normalized spacial score (nSPS) is 17.5. The number of aromatic amines is 1. The van der Waals surface area contributed by atoms with Gasteiger partial charge in [0, 0.05) is 35.0 Å². The van der Waals surface area contributed by atoms with Crippen LogP contribution < -0.4 is 0 Å². The van der Waals surface area contributed by atoms with Crippen molar-refractivity contribution in [3.05, 3.63) is 71.9 Å². The summed E-state index contributed by atoms with van der Waals surface area (Å²) in [4.78, 5) is 16.6. The molecule has 0 spiro atoms. The Kier molecular flexibility index (Phi) is 5.93. The van der Waals surface area contributed by atoms with Gasteiger partial charge in [0.1, 0.15) is 0 Å². The summed E-state index contributed by atoms with van der Waals surface area (Å²) in [5, 5.41) is 7.41. The van der Waals surface area contributed by atoms with Crippen LogP contribution in [0.2, 0.25) is 0 Å². The van der Waals surface area contributed by atoms with Gasteiger partial charge < -0.3 is 0 Å². The molecular formula is C23H25N3OS. The number of hydrogen-bond acceptors (Lipinski definition) is 4. The fourth-order valence-corrected chi connectivity index (χ4v) is 4.61. The highest BCUT2D eigenvalue weighted by molar-refractivity contribution is 7.98. The van der Waals surface area contributed by atoms with E-state index in [1.807, 2.05) is 54.9 Å². The summed E-state index contributed by atoms with van der Waals surface area (Å²) in [6.45, 7) is 2.64. The maximum absolute atomic E-state index is 13.2. The van der Waals surface area contributed by atoms with Crippen molar-refractivity contribution in [2.24, 2.45) is 5.92 Å². The monoisotopic (exact) mass is 391 g/mol. The lowest BCUT2D eigenvalue weighted by Gasteiger charge is -2.32. The Balaban J connectivity index is 1.48. The number of ketones is 1. The fraction of sp³-hybridized carbons (Fsp3) is 0.304. The van der Waals surface area contributed by atoms with E-state index in [0.29, 0.717) is 0 Å². The molecule has 1 fully saturated rings. The molecule has 144 valence electrons. The van der Waals surface area contributed by atoms with Crippen LogP contribution in [0.25, 0.3) is 11.3 Å². The molecule has 28 heavy (non-hydrogen) atoms. The number of carbonyl (C=O) groups excluding carboxylic acids is 1. The molecule has 4 nitrogen and oxygen atoms in total. The maximum Gasteiger partial charge on any atom is 0.168 e. The Labute approximate surface area is 170 Å². The van der Waals surface area contributed by atoms with Crippen LogP contribution in [0, 0.1) is 5.92 Å². The second kappa shape index (κ2) is 8.76. The standard InChI is InChI=1S/C23H25N3OS/c1-28-21-12-6-5-11-20(21)23(27)18-10-7-13-26(15-18)16-19-14-24-25-22(19)17-8-3-2-4-9-17/h2-6,8-9,11-12,14,18H,7,10,13,15-16H2,1H3,(H,24,25)/t18-/m1/s1. The molecule has 1 aliphatic heterocycles. The number of carbonyl (C=O) groups is 1. The van der Waals surface area contributed by atoms with E-state index in [4.69, 9.17) is 0 Å². The Morgan fingerprint density at radius 1 is 1.18 bits per heavy atom. The zero-order valence-electron chi connectivity index (χ0n) is 16.1. The molecule has 5 heteroatoms. The minimum absolute atomic E-state index is 0.0640. The van der Waals surface area contributed by atoms with Gasteiger partial charge in [0.2, 0.25) is 0 Å². The minimum Gasteiger partial charge on any atom is -0.298 e. The van der Waals surface area contributed by atoms with Gasteiger partial charge in [-0.05, 0) is 37.3 Å². The van der Waals surface area contributed by atoms with Crippen molar-refractivity contribution in [2.45, 2.75) is 24.3 Å². The molecule has 1 aliphatic rings. The summed E-state index contributed by atoms with van der Waals surface area (Å²) in [6.07, 6.45) is 5.96. The van der Waals surface area contributed by atoms with Gasteiger partial charge >= 0.3 is 0 Å². The van der Waals surface area contributed by atoms with Crippen molar-refractivity contribution in [1.82, 2.24) is 15.1 Å². The molecule has 1 saturated heterocycles. The predicted molar refractivity (Wildman–Crippen MR) is 115 cm³/mol. The van der Waals surface area contributed by atoms with Gasteiger partial charge in [0.25, 0.3) is 0 Å². The molecule has 2 aromatic carbocycles. The summed E-state index contributed by atoms with van der Waals surface area (Å²) in [7, 11) is 0.